The fourth-order valence-corrected chi connectivity index (χ4v) is 1.45. The van der Waals surface area contributed by atoms with E-state index in [4.69, 9.17) is 10.2 Å². The number of aliphatic hydroxyl groups is 2. The Labute approximate surface area is 129 Å². The number of hydrogen-bond acceptors (Lipinski definition) is 5. The van der Waals surface area contributed by atoms with Crippen molar-refractivity contribution in [3.8, 4) is 0 Å². The summed E-state index contributed by atoms with van der Waals surface area (Å²) in [5, 5.41) is 20.7. The molecule has 1 rings (SSSR count). The van der Waals surface area contributed by atoms with Crippen LogP contribution in [-0.4, -0.2) is 59.1 Å². The minimum atomic E-state index is -0.752. The van der Waals surface area contributed by atoms with Crippen LogP contribution >= 0.6 is 0 Å². The summed E-state index contributed by atoms with van der Waals surface area (Å²) in [6, 6.07) is 0. The molecule has 0 aromatic heterocycles. The van der Waals surface area contributed by atoms with Crippen molar-refractivity contribution in [2.45, 2.75) is 6.42 Å². The molecule has 7 nitrogen and oxygen atoms in total. The van der Waals surface area contributed by atoms with E-state index in [9.17, 15) is 14.4 Å². The van der Waals surface area contributed by atoms with Crippen LogP contribution in [0.1, 0.15) is 6.42 Å². The van der Waals surface area contributed by atoms with Gasteiger partial charge in [-0.1, -0.05) is 0 Å². The monoisotopic (exact) mass is 330 g/mol. The van der Waals surface area contributed by atoms with Gasteiger partial charge < -0.3 is 30.0 Å². The molecular weight excluding hydrogens is 317 g/mol. The zero-order valence-corrected chi connectivity index (χ0v) is 12.5. The van der Waals surface area contributed by atoms with Gasteiger partial charge in [0.15, 0.2) is 0 Å². The molecule has 0 aliphatic carbocycles. The first-order valence-electron chi connectivity index (χ1n) is 5.08. The predicted molar refractivity (Wildman–Crippen MR) is 56.8 cm³/mol. The molecule has 3 amide bonds. The van der Waals surface area contributed by atoms with Crippen molar-refractivity contribution in [3.05, 3.63) is 17.0 Å². The molecule has 0 saturated carbocycles. The van der Waals surface area contributed by atoms with Gasteiger partial charge in [-0.2, -0.15) is 0 Å². The normalized spacial score (nSPS) is 14.4. The van der Waals surface area contributed by atoms with Crippen molar-refractivity contribution in [1.82, 2.24) is 4.90 Å². The molecule has 1 aliphatic rings. The van der Waals surface area contributed by atoms with E-state index >= 15 is 0 Å². The van der Waals surface area contributed by atoms with E-state index in [0.717, 1.165) is 6.08 Å². The molecule has 0 aromatic rings. The molecule has 0 unspecified atom stereocenters. The Morgan fingerprint density at radius 1 is 1.28 bits per heavy atom. The fraction of sp³-hybridized carbons (Fsp3) is 0.500. The minimum Gasteiger partial charge on any atom is -0.592 e. The maximum atomic E-state index is 11.9. The van der Waals surface area contributed by atoms with Crippen LogP contribution in [0.5, 0.6) is 0 Å². The summed E-state index contributed by atoms with van der Waals surface area (Å²) < 4.78 is 0. The van der Waals surface area contributed by atoms with E-state index < -0.39 is 17.7 Å². The third kappa shape index (κ3) is 4.93. The Hall–Kier alpha value is -0.626. The molecule has 0 bridgehead atoms. The van der Waals surface area contributed by atoms with Crippen LogP contribution < -0.4 is 0 Å². The number of carbonyl (C=O) groups excluding carboxylic acids is 3. The minimum absolute atomic E-state index is 0. The number of rotatable bonds is 5. The van der Waals surface area contributed by atoms with Crippen LogP contribution in [0.15, 0.2) is 11.6 Å². The molecule has 0 saturated heterocycles. The summed E-state index contributed by atoms with van der Waals surface area (Å²) >= 11 is 0. The van der Waals surface area contributed by atoms with E-state index in [2.05, 4.69) is 5.32 Å². The number of imide groups is 1. The van der Waals surface area contributed by atoms with Crippen molar-refractivity contribution in [2.75, 3.05) is 26.3 Å². The van der Waals surface area contributed by atoms with Gasteiger partial charge in [-0.15, -0.1) is 0 Å². The van der Waals surface area contributed by atoms with Crippen molar-refractivity contribution >= 4 is 17.7 Å². The number of aliphatic hydroxyl groups excluding tert-OH is 2. The van der Waals surface area contributed by atoms with Crippen LogP contribution in [-0.2, 0) is 47.1 Å². The van der Waals surface area contributed by atoms with Gasteiger partial charge in [-0.3, -0.25) is 4.79 Å². The third-order valence-electron chi connectivity index (χ3n) is 2.18. The van der Waals surface area contributed by atoms with Crippen LogP contribution in [0.25, 0.3) is 5.32 Å². The van der Waals surface area contributed by atoms with Gasteiger partial charge in [0, 0.05) is 57.8 Å². The molecule has 2 N–H and O–H groups in total. The Morgan fingerprint density at radius 2 is 1.83 bits per heavy atom. The fourth-order valence-electron chi connectivity index (χ4n) is 1.45. The molecule has 18 heavy (non-hydrogen) atoms. The van der Waals surface area contributed by atoms with E-state index in [-0.39, 0.29) is 71.0 Å². The Bertz CT molecular complexity index is 363. The molecule has 1 radical (unpaired) electrons. The van der Waals surface area contributed by atoms with Crippen molar-refractivity contribution < 1.29 is 57.3 Å². The summed E-state index contributed by atoms with van der Waals surface area (Å²) in [4.78, 5) is 35.1. The number of nitrogens with zero attached hydrogens (tertiary/aromatic N) is 2. The molecule has 0 fully saturated rings. The maximum Gasteiger partial charge on any atom is 0.250 e. The third-order valence-corrected chi connectivity index (χ3v) is 2.18. The molecule has 1 aliphatic heterocycles. The van der Waals surface area contributed by atoms with Crippen LogP contribution in [0, 0.1) is 0 Å². The summed E-state index contributed by atoms with van der Waals surface area (Å²) in [5.74, 6) is -1.95. The standard InChI is InChI=1S/C10H14N2O5.Y/c13-3-1-12(2-4-14)10(17)7-5-8(15)11-9(16)6-7;/h5,13-14H,1-4,6H2,(H,11,15,16);/p-1. The Kier molecular flexibility index (Phi) is 8.18. The van der Waals surface area contributed by atoms with Crippen LogP contribution in [0.3, 0.4) is 0 Å². The zero-order valence-electron chi connectivity index (χ0n) is 9.70. The largest absolute Gasteiger partial charge is 0.592 e. The van der Waals surface area contributed by atoms with Gasteiger partial charge in [0.2, 0.25) is 5.91 Å². The number of hydrogen-bond donors (Lipinski definition) is 2. The second-order valence-electron chi connectivity index (χ2n) is 3.43. The van der Waals surface area contributed by atoms with E-state index in [1.807, 2.05) is 0 Å². The second-order valence-corrected chi connectivity index (χ2v) is 3.43. The van der Waals surface area contributed by atoms with Crippen molar-refractivity contribution in [2.24, 2.45) is 0 Å². The second kappa shape index (κ2) is 8.47. The molecule has 1 heterocycles. The van der Waals surface area contributed by atoms with Gasteiger partial charge in [0.05, 0.1) is 25.0 Å². The molecule has 0 atom stereocenters. The number of amides is 3. The number of carbonyl (C=O) groups is 3. The Balaban J connectivity index is 0.00000289. The summed E-state index contributed by atoms with van der Waals surface area (Å²) in [6.07, 6.45) is 0.781. The Morgan fingerprint density at radius 3 is 2.28 bits per heavy atom. The quantitative estimate of drug-likeness (QED) is 0.600. The van der Waals surface area contributed by atoms with Crippen LogP contribution in [0.4, 0.5) is 0 Å². The van der Waals surface area contributed by atoms with E-state index in [1.54, 1.807) is 0 Å². The smallest absolute Gasteiger partial charge is 0.250 e. The van der Waals surface area contributed by atoms with Gasteiger partial charge in [0.25, 0.3) is 0 Å². The molecular formula is C10H13N2O5Y-. The SMILES string of the molecule is O=C1C=C(C(=O)N(CCO)CCO)CC(=O)[N-]1.[Y]. The van der Waals surface area contributed by atoms with Gasteiger partial charge in [0.1, 0.15) is 0 Å². The molecule has 0 aromatic carbocycles. The van der Waals surface area contributed by atoms with Crippen molar-refractivity contribution in [3.63, 3.8) is 0 Å². The zero-order chi connectivity index (χ0) is 12.8. The first-order chi connectivity index (χ1) is 8.08. The average molecular weight is 330 g/mol. The molecule has 97 valence electrons. The van der Waals surface area contributed by atoms with Gasteiger partial charge in [-0.25, -0.2) is 0 Å². The first kappa shape index (κ1) is 17.4. The van der Waals surface area contributed by atoms with Crippen molar-refractivity contribution in [1.29, 1.82) is 0 Å². The topological polar surface area (TPSA) is 109 Å². The maximum absolute atomic E-state index is 11.9. The summed E-state index contributed by atoms with van der Waals surface area (Å²) in [6.45, 7) is -0.441. The van der Waals surface area contributed by atoms with E-state index in [1.165, 1.54) is 4.90 Å². The average Bonchev–Trinajstić information content (AvgIpc) is 2.26. The molecule has 8 heteroatoms. The van der Waals surface area contributed by atoms with Crippen LogP contribution in [0.2, 0.25) is 0 Å². The summed E-state index contributed by atoms with van der Waals surface area (Å²) in [7, 11) is 0. The molecule has 0 spiro atoms. The van der Waals surface area contributed by atoms with E-state index in [0.29, 0.717) is 0 Å². The van der Waals surface area contributed by atoms with Gasteiger partial charge >= 0.3 is 0 Å². The first-order valence-corrected chi connectivity index (χ1v) is 5.08. The predicted octanol–water partition coefficient (Wildman–Crippen LogP) is -1.45. The summed E-state index contributed by atoms with van der Waals surface area (Å²) in [5.41, 5.74) is 0.0388. The van der Waals surface area contributed by atoms with Gasteiger partial charge in [-0.05, 0) is 6.08 Å².